The average Bonchev–Trinajstić information content (AvgIpc) is 3.12. The normalized spacial score (nSPS) is 28.6. The standard InChI is InChI=1S/C20H35NO5/c1-13(2)18(19(22)21-16-9-7-14(3)8-10-16)26-20(23)15(4)25-12-17-6-5-11-24-17/h13-18H,5-12H2,1-4H3,(H,21,22). The Morgan fingerprint density at radius 3 is 2.38 bits per heavy atom. The van der Waals surface area contributed by atoms with Crippen molar-refractivity contribution in [2.45, 2.75) is 90.6 Å². The summed E-state index contributed by atoms with van der Waals surface area (Å²) in [6.07, 6.45) is 4.80. The van der Waals surface area contributed by atoms with Gasteiger partial charge in [0.15, 0.2) is 12.2 Å². The zero-order chi connectivity index (χ0) is 19.1. The number of nitrogens with one attached hydrogen (secondary N) is 1. The first-order valence-corrected chi connectivity index (χ1v) is 10.1. The van der Waals surface area contributed by atoms with Crippen molar-refractivity contribution in [1.29, 1.82) is 0 Å². The number of hydrogen-bond donors (Lipinski definition) is 1. The van der Waals surface area contributed by atoms with Gasteiger partial charge in [0.1, 0.15) is 0 Å². The number of hydrogen-bond acceptors (Lipinski definition) is 5. The zero-order valence-corrected chi connectivity index (χ0v) is 16.7. The molecule has 26 heavy (non-hydrogen) atoms. The Morgan fingerprint density at radius 1 is 1.12 bits per heavy atom. The van der Waals surface area contributed by atoms with E-state index in [-0.39, 0.29) is 24.0 Å². The van der Waals surface area contributed by atoms with E-state index in [0.717, 1.165) is 51.0 Å². The molecule has 0 aromatic heterocycles. The molecule has 1 saturated heterocycles. The van der Waals surface area contributed by atoms with Crippen LogP contribution in [0.25, 0.3) is 0 Å². The summed E-state index contributed by atoms with van der Waals surface area (Å²) < 4.78 is 16.6. The third-order valence-corrected chi connectivity index (χ3v) is 5.36. The zero-order valence-electron chi connectivity index (χ0n) is 16.7. The molecular weight excluding hydrogens is 334 g/mol. The van der Waals surface area contributed by atoms with Crippen LogP contribution in [0.4, 0.5) is 0 Å². The first-order valence-electron chi connectivity index (χ1n) is 10.1. The van der Waals surface area contributed by atoms with Gasteiger partial charge in [0, 0.05) is 12.6 Å². The molecule has 0 aromatic carbocycles. The first kappa shape index (κ1) is 21.2. The van der Waals surface area contributed by atoms with Crippen LogP contribution in [0.1, 0.15) is 66.2 Å². The Kier molecular flexibility index (Phi) is 8.35. The lowest BCUT2D eigenvalue weighted by molar-refractivity contribution is -0.170. The minimum atomic E-state index is -0.782. The summed E-state index contributed by atoms with van der Waals surface area (Å²) >= 11 is 0. The Balaban J connectivity index is 1.79. The molecule has 2 aliphatic rings. The van der Waals surface area contributed by atoms with E-state index in [9.17, 15) is 9.59 Å². The van der Waals surface area contributed by atoms with Crippen molar-refractivity contribution < 1.29 is 23.8 Å². The van der Waals surface area contributed by atoms with Crippen LogP contribution in [0.5, 0.6) is 0 Å². The van der Waals surface area contributed by atoms with Gasteiger partial charge in [-0.2, -0.15) is 0 Å². The highest BCUT2D eigenvalue weighted by atomic mass is 16.6. The maximum atomic E-state index is 12.6. The minimum absolute atomic E-state index is 0.0585. The fourth-order valence-corrected chi connectivity index (χ4v) is 3.50. The fourth-order valence-electron chi connectivity index (χ4n) is 3.50. The SMILES string of the molecule is CC1CCC(NC(=O)C(OC(=O)C(C)OCC2CCCO2)C(C)C)CC1. The Morgan fingerprint density at radius 2 is 1.81 bits per heavy atom. The van der Waals surface area contributed by atoms with Gasteiger partial charge >= 0.3 is 5.97 Å². The van der Waals surface area contributed by atoms with Crippen molar-refractivity contribution >= 4 is 11.9 Å². The van der Waals surface area contributed by atoms with Gasteiger partial charge in [0.05, 0.1) is 12.7 Å². The Hall–Kier alpha value is -1.14. The molecule has 6 heteroatoms. The predicted octanol–water partition coefficient (Wildman–Crippen LogP) is 2.83. The van der Waals surface area contributed by atoms with Gasteiger partial charge in [-0.1, -0.05) is 20.8 Å². The van der Waals surface area contributed by atoms with Gasteiger partial charge in [-0.15, -0.1) is 0 Å². The summed E-state index contributed by atoms with van der Waals surface area (Å²) in [4.78, 5) is 24.9. The molecule has 1 aliphatic heterocycles. The van der Waals surface area contributed by atoms with Crippen LogP contribution in [-0.2, 0) is 23.8 Å². The average molecular weight is 370 g/mol. The minimum Gasteiger partial charge on any atom is -0.450 e. The predicted molar refractivity (Wildman–Crippen MR) is 98.7 cm³/mol. The topological polar surface area (TPSA) is 73.9 Å². The van der Waals surface area contributed by atoms with E-state index in [4.69, 9.17) is 14.2 Å². The summed E-state index contributed by atoms with van der Waals surface area (Å²) in [6, 6.07) is 0.187. The van der Waals surface area contributed by atoms with Crippen LogP contribution in [0.2, 0.25) is 0 Å². The van der Waals surface area contributed by atoms with Gasteiger partial charge < -0.3 is 19.5 Å². The molecule has 2 rings (SSSR count). The van der Waals surface area contributed by atoms with Crippen molar-refractivity contribution in [3.05, 3.63) is 0 Å². The Labute approximate surface area is 157 Å². The molecule has 0 radical (unpaired) electrons. The maximum absolute atomic E-state index is 12.6. The summed E-state index contributed by atoms with van der Waals surface area (Å²) in [6.45, 7) is 8.82. The van der Waals surface area contributed by atoms with Crippen LogP contribution in [0.3, 0.4) is 0 Å². The molecule has 2 fully saturated rings. The van der Waals surface area contributed by atoms with E-state index >= 15 is 0 Å². The molecule has 0 aromatic rings. The van der Waals surface area contributed by atoms with Crippen molar-refractivity contribution in [1.82, 2.24) is 5.32 Å². The molecular formula is C20H35NO5. The summed E-state index contributed by atoms with van der Waals surface area (Å²) in [5.74, 6) is -0.0520. The molecule has 1 saturated carbocycles. The molecule has 1 N–H and O–H groups in total. The number of rotatable bonds is 8. The highest BCUT2D eigenvalue weighted by Crippen LogP contribution is 2.24. The largest absolute Gasteiger partial charge is 0.450 e. The van der Waals surface area contributed by atoms with Crippen LogP contribution in [-0.4, -0.2) is 49.4 Å². The van der Waals surface area contributed by atoms with E-state index < -0.39 is 18.2 Å². The smallest absolute Gasteiger partial charge is 0.335 e. The maximum Gasteiger partial charge on any atom is 0.335 e. The molecule has 3 atom stereocenters. The van der Waals surface area contributed by atoms with Gasteiger partial charge in [-0.3, -0.25) is 4.79 Å². The lowest BCUT2D eigenvalue weighted by Gasteiger charge is -2.29. The van der Waals surface area contributed by atoms with E-state index in [1.165, 1.54) is 0 Å². The molecule has 150 valence electrons. The second-order valence-electron chi connectivity index (χ2n) is 8.18. The van der Waals surface area contributed by atoms with Crippen molar-refractivity contribution in [3.63, 3.8) is 0 Å². The Bertz CT molecular complexity index is 453. The molecule has 0 bridgehead atoms. The molecule has 3 unspecified atom stereocenters. The number of carbonyl (C=O) groups excluding carboxylic acids is 2. The number of esters is 1. The van der Waals surface area contributed by atoms with E-state index in [0.29, 0.717) is 6.61 Å². The van der Waals surface area contributed by atoms with Crippen LogP contribution < -0.4 is 5.32 Å². The van der Waals surface area contributed by atoms with E-state index in [1.54, 1.807) is 6.92 Å². The van der Waals surface area contributed by atoms with Gasteiger partial charge in [-0.25, -0.2) is 4.79 Å². The summed E-state index contributed by atoms with van der Waals surface area (Å²) in [5.41, 5.74) is 0. The van der Waals surface area contributed by atoms with Crippen LogP contribution in [0.15, 0.2) is 0 Å². The third-order valence-electron chi connectivity index (χ3n) is 5.36. The number of amides is 1. The summed E-state index contributed by atoms with van der Waals surface area (Å²) in [7, 11) is 0. The van der Waals surface area contributed by atoms with E-state index in [2.05, 4.69) is 12.2 Å². The molecule has 6 nitrogen and oxygen atoms in total. The third kappa shape index (κ3) is 6.54. The second kappa shape index (κ2) is 10.3. The molecule has 1 heterocycles. The van der Waals surface area contributed by atoms with Crippen molar-refractivity contribution in [2.24, 2.45) is 11.8 Å². The van der Waals surface area contributed by atoms with Crippen LogP contribution >= 0.6 is 0 Å². The van der Waals surface area contributed by atoms with Gasteiger partial charge in [0.25, 0.3) is 5.91 Å². The quantitative estimate of drug-likeness (QED) is 0.666. The van der Waals surface area contributed by atoms with Crippen molar-refractivity contribution in [2.75, 3.05) is 13.2 Å². The van der Waals surface area contributed by atoms with E-state index in [1.807, 2.05) is 13.8 Å². The monoisotopic (exact) mass is 369 g/mol. The lowest BCUT2D eigenvalue weighted by atomic mass is 9.87. The highest BCUT2D eigenvalue weighted by molar-refractivity contribution is 5.85. The first-order chi connectivity index (χ1) is 12.4. The highest BCUT2D eigenvalue weighted by Gasteiger charge is 2.31. The summed E-state index contributed by atoms with van der Waals surface area (Å²) in [5, 5.41) is 3.06. The van der Waals surface area contributed by atoms with Gasteiger partial charge in [0.2, 0.25) is 0 Å². The number of ether oxygens (including phenoxy) is 3. The lowest BCUT2D eigenvalue weighted by Crippen LogP contribution is -2.47. The van der Waals surface area contributed by atoms with Gasteiger partial charge in [-0.05, 0) is 57.3 Å². The molecule has 0 spiro atoms. The second-order valence-corrected chi connectivity index (χ2v) is 8.18. The van der Waals surface area contributed by atoms with Crippen LogP contribution in [0, 0.1) is 11.8 Å². The van der Waals surface area contributed by atoms with Crippen molar-refractivity contribution in [3.8, 4) is 0 Å². The fraction of sp³-hybridized carbons (Fsp3) is 0.900. The number of carbonyl (C=O) groups is 2. The molecule has 1 amide bonds. The molecule has 1 aliphatic carbocycles.